The van der Waals surface area contributed by atoms with E-state index in [2.05, 4.69) is 0 Å². The maximum absolute atomic E-state index is 13.4. The fourth-order valence-corrected chi connectivity index (χ4v) is 3.23. The van der Waals surface area contributed by atoms with Crippen LogP contribution in [0.5, 0.6) is 0 Å². The van der Waals surface area contributed by atoms with Crippen LogP contribution in [-0.2, 0) is 16.0 Å². The average molecular weight is 402 g/mol. The van der Waals surface area contributed by atoms with Crippen molar-refractivity contribution >= 4 is 11.8 Å². The highest BCUT2D eigenvalue weighted by Crippen LogP contribution is 2.29. The molecular formula is C22H27FN2O4. The topological polar surface area (TPSA) is 78.9 Å². The minimum absolute atomic E-state index is 0.0381. The molecule has 2 atom stereocenters. The molecule has 2 aromatic carbocycles. The summed E-state index contributed by atoms with van der Waals surface area (Å²) in [6, 6.07) is 13.3. The maximum Gasteiger partial charge on any atom is 0.253 e. The van der Waals surface area contributed by atoms with Crippen molar-refractivity contribution in [1.29, 1.82) is 0 Å². The molecule has 2 unspecified atom stereocenters. The summed E-state index contributed by atoms with van der Waals surface area (Å²) in [6.07, 6.45) is -0.0321. The third-order valence-electron chi connectivity index (χ3n) is 4.70. The van der Waals surface area contributed by atoms with E-state index >= 15 is 0 Å². The number of carbonyl (C=O) groups is 2. The second kappa shape index (κ2) is 10.7. The van der Waals surface area contributed by atoms with Gasteiger partial charge in [-0.3, -0.25) is 14.8 Å². The minimum Gasteiger partial charge on any atom is -0.377 e. The van der Waals surface area contributed by atoms with Crippen molar-refractivity contribution in [3.63, 3.8) is 0 Å². The molecule has 2 aromatic rings. The van der Waals surface area contributed by atoms with Gasteiger partial charge in [0, 0.05) is 32.2 Å². The van der Waals surface area contributed by atoms with Crippen LogP contribution in [0.15, 0.2) is 48.5 Å². The van der Waals surface area contributed by atoms with Gasteiger partial charge in [-0.15, -0.1) is 0 Å². The van der Waals surface area contributed by atoms with Crippen molar-refractivity contribution in [2.45, 2.75) is 31.8 Å². The molecule has 0 spiro atoms. The number of hydrogen-bond acceptors (Lipinski definition) is 4. The zero-order valence-corrected chi connectivity index (χ0v) is 16.9. The van der Waals surface area contributed by atoms with Crippen molar-refractivity contribution in [2.75, 3.05) is 20.7 Å². The molecule has 156 valence electrons. The monoisotopic (exact) mass is 402 g/mol. The summed E-state index contributed by atoms with van der Waals surface area (Å²) in [7, 11) is 3.39. The molecule has 6 nitrogen and oxygen atoms in total. The Balaban J connectivity index is 2.32. The molecule has 0 fully saturated rings. The fraction of sp³-hybridized carbons (Fsp3) is 0.364. The molecule has 0 aliphatic carbocycles. The van der Waals surface area contributed by atoms with Crippen LogP contribution < -0.4 is 5.48 Å². The molecule has 29 heavy (non-hydrogen) atoms. The van der Waals surface area contributed by atoms with E-state index in [4.69, 9.17) is 9.94 Å². The predicted molar refractivity (Wildman–Crippen MR) is 107 cm³/mol. The second-order valence-electron chi connectivity index (χ2n) is 6.99. The van der Waals surface area contributed by atoms with E-state index in [0.29, 0.717) is 18.6 Å². The summed E-state index contributed by atoms with van der Waals surface area (Å²) in [4.78, 5) is 25.4. The fourth-order valence-electron chi connectivity index (χ4n) is 3.23. The van der Waals surface area contributed by atoms with E-state index < -0.39 is 12.0 Å². The number of nitrogens with zero attached hydrogens (tertiary/aromatic N) is 1. The summed E-state index contributed by atoms with van der Waals surface area (Å²) < 4.78 is 19.2. The largest absolute Gasteiger partial charge is 0.377 e. The van der Waals surface area contributed by atoms with Crippen LogP contribution in [0.4, 0.5) is 4.39 Å². The average Bonchev–Trinajstić information content (AvgIpc) is 2.72. The quantitative estimate of drug-likeness (QED) is 0.499. The maximum atomic E-state index is 13.4. The van der Waals surface area contributed by atoms with Gasteiger partial charge in [0.05, 0.1) is 12.5 Å². The Kier molecular flexibility index (Phi) is 8.30. The minimum atomic E-state index is -0.553. The highest BCUT2D eigenvalue weighted by atomic mass is 19.1. The standard InChI is InChI=1S/C22H27FN2O4/c1-4-29-20(14-21(26)24-28)19(16-9-11-18(23)12-10-16)13-15-5-7-17(8-6-15)22(27)25(2)3/h5-12,19-20,28H,4,13-14H2,1-3H3,(H,24,26). The van der Waals surface area contributed by atoms with Crippen molar-refractivity contribution in [3.05, 3.63) is 71.0 Å². The van der Waals surface area contributed by atoms with E-state index in [1.165, 1.54) is 17.0 Å². The van der Waals surface area contributed by atoms with Gasteiger partial charge in [0.2, 0.25) is 5.91 Å². The third-order valence-corrected chi connectivity index (χ3v) is 4.70. The zero-order chi connectivity index (χ0) is 21.4. The molecule has 0 heterocycles. The van der Waals surface area contributed by atoms with Crippen LogP contribution in [0.25, 0.3) is 0 Å². The van der Waals surface area contributed by atoms with Gasteiger partial charge in [0.1, 0.15) is 5.82 Å². The van der Waals surface area contributed by atoms with Gasteiger partial charge in [-0.05, 0) is 48.7 Å². The van der Waals surface area contributed by atoms with Crippen LogP contribution >= 0.6 is 0 Å². The number of nitrogens with one attached hydrogen (secondary N) is 1. The molecule has 2 amide bonds. The van der Waals surface area contributed by atoms with Gasteiger partial charge in [0.25, 0.3) is 5.91 Å². The number of hydrogen-bond donors (Lipinski definition) is 2. The van der Waals surface area contributed by atoms with Crippen molar-refractivity contribution in [3.8, 4) is 0 Å². The summed E-state index contributed by atoms with van der Waals surface area (Å²) in [5.41, 5.74) is 4.00. The summed E-state index contributed by atoms with van der Waals surface area (Å²) in [6.45, 7) is 2.21. The Morgan fingerprint density at radius 3 is 2.24 bits per heavy atom. The van der Waals surface area contributed by atoms with Gasteiger partial charge in [0.15, 0.2) is 0 Å². The lowest BCUT2D eigenvalue weighted by Crippen LogP contribution is -2.31. The Morgan fingerprint density at radius 2 is 1.72 bits per heavy atom. The lowest BCUT2D eigenvalue weighted by molar-refractivity contribution is -0.132. The first-order valence-electron chi connectivity index (χ1n) is 9.46. The van der Waals surface area contributed by atoms with E-state index in [1.807, 2.05) is 19.1 Å². The highest BCUT2D eigenvalue weighted by molar-refractivity contribution is 5.93. The molecule has 0 bridgehead atoms. The number of ether oxygens (including phenoxy) is 1. The Labute approximate surface area is 170 Å². The Morgan fingerprint density at radius 1 is 1.10 bits per heavy atom. The van der Waals surface area contributed by atoms with Crippen molar-refractivity contribution in [1.82, 2.24) is 10.4 Å². The summed E-state index contributed by atoms with van der Waals surface area (Å²) in [5, 5.41) is 8.92. The normalized spacial score (nSPS) is 12.9. The summed E-state index contributed by atoms with van der Waals surface area (Å²) >= 11 is 0. The van der Waals surface area contributed by atoms with Gasteiger partial charge in [-0.2, -0.15) is 0 Å². The molecule has 0 aromatic heterocycles. The number of hydroxylamine groups is 1. The Bertz CT molecular complexity index is 807. The first-order valence-corrected chi connectivity index (χ1v) is 9.46. The van der Waals surface area contributed by atoms with E-state index in [9.17, 15) is 14.0 Å². The lowest BCUT2D eigenvalue weighted by Gasteiger charge is -2.27. The molecule has 2 rings (SSSR count). The van der Waals surface area contributed by atoms with Crippen molar-refractivity contribution < 1.29 is 23.9 Å². The summed E-state index contributed by atoms with van der Waals surface area (Å²) in [5.74, 6) is -1.23. The molecule has 0 aliphatic heterocycles. The lowest BCUT2D eigenvalue weighted by atomic mass is 9.85. The first kappa shape index (κ1) is 22.5. The number of amides is 2. The molecule has 0 saturated heterocycles. The third kappa shape index (κ3) is 6.37. The van der Waals surface area contributed by atoms with Crippen LogP contribution in [0, 0.1) is 5.82 Å². The molecule has 2 N–H and O–H groups in total. The second-order valence-corrected chi connectivity index (χ2v) is 6.99. The Hall–Kier alpha value is -2.77. The molecule has 0 saturated carbocycles. The molecule has 7 heteroatoms. The van der Waals surface area contributed by atoms with Crippen molar-refractivity contribution in [2.24, 2.45) is 0 Å². The number of carbonyl (C=O) groups excluding carboxylic acids is 2. The number of rotatable bonds is 9. The molecular weight excluding hydrogens is 375 g/mol. The van der Waals surface area contributed by atoms with E-state index in [-0.39, 0.29) is 24.1 Å². The van der Waals surface area contributed by atoms with Crippen LogP contribution in [-0.4, -0.2) is 48.7 Å². The van der Waals surface area contributed by atoms with E-state index in [0.717, 1.165) is 11.1 Å². The van der Waals surface area contributed by atoms with Gasteiger partial charge in [-0.25, -0.2) is 9.87 Å². The number of benzene rings is 2. The highest BCUT2D eigenvalue weighted by Gasteiger charge is 2.27. The smallest absolute Gasteiger partial charge is 0.253 e. The SMILES string of the molecule is CCOC(CC(=O)NO)C(Cc1ccc(C(=O)N(C)C)cc1)c1ccc(F)cc1. The number of halogens is 1. The van der Waals surface area contributed by atoms with Gasteiger partial charge in [-0.1, -0.05) is 24.3 Å². The molecule has 0 aliphatic rings. The van der Waals surface area contributed by atoms with Crippen LogP contribution in [0.1, 0.15) is 40.7 Å². The predicted octanol–water partition coefficient (Wildman–Crippen LogP) is 3.15. The zero-order valence-electron chi connectivity index (χ0n) is 16.9. The van der Waals surface area contributed by atoms with Gasteiger partial charge >= 0.3 is 0 Å². The van der Waals surface area contributed by atoms with Crippen LogP contribution in [0.3, 0.4) is 0 Å². The van der Waals surface area contributed by atoms with Crippen LogP contribution in [0.2, 0.25) is 0 Å². The van der Waals surface area contributed by atoms with Gasteiger partial charge < -0.3 is 9.64 Å². The molecule has 0 radical (unpaired) electrons. The van der Waals surface area contributed by atoms with E-state index in [1.54, 1.807) is 43.8 Å². The first-order chi connectivity index (χ1) is 13.8.